The Bertz CT molecular complexity index is 1180. The summed E-state index contributed by atoms with van der Waals surface area (Å²) in [6.45, 7) is 3.28. The molecule has 7 heteroatoms. The highest BCUT2D eigenvalue weighted by atomic mass is 16.5. The minimum absolute atomic E-state index is 0.197. The van der Waals surface area contributed by atoms with E-state index < -0.39 is 0 Å². The molecule has 3 heterocycles. The molecule has 1 saturated heterocycles. The highest BCUT2D eigenvalue weighted by molar-refractivity contribution is 6.08. The number of nitrogens with zero attached hydrogens (tertiary/aromatic N) is 4. The van der Waals surface area contributed by atoms with Gasteiger partial charge in [0.15, 0.2) is 0 Å². The molecule has 3 aromatic rings. The van der Waals surface area contributed by atoms with Gasteiger partial charge in [-0.2, -0.15) is 0 Å². The number of nitrogens with two attached hydrogens (primary N) is 1. The van der Waals surface area contributed by atoms with Crippen LogP contribution in [0.2, 0.25) is 0 Å². The van der Waals surface area contributed by atoms with E-state index in [4.69, 9.17) is 10.5 Å². The molecule has 0 saturated carbocycles. The molecule has 2 atom stereocenters. The van der Waals surface area contributed by atoms with E-state index in [0.717, 1.165) is 40.8 Å². The Kier molecular flexibility index (Phi) is 5.93. The van der Waals surface area contributed by atoms with Crippen LogP contribution in [0.4, 0.5) is 11.5 Å². The highest BCUT2D eigenvalue weighted by Crippen LogP contribution is 2.30. The number of rotatable bonds is 6. The van der Waals surface area contributed by atoms with Crippen molar-refractivity contribution in [3.63, 3.8) is 0 Å². The molecule has 0 spiro atoms. The minimum atomic E-state index is -0.197. The second-order valence-corrected chi connectivity index (χ2v) is 8.44. The molecule has 3 N–H and O–H groups in total. The molecule has 2 aliphatic heterocycles. The number of aromatic nitrogens is 1. The third kappa shape index (κ3) is 4.98. The van der Waals surface area contributed by atoms with Gasteiger partial charge in [0.2, 0.25) is 5.96 Å². The molecule has 2 aromatic carbocycles. The van der Waals surface area contributed by atoms with Gasteiger partial charge in [0.1, 0.15) is 23.5 Å². The highest BCUT2D eigenvalue weighted by Gasteiger charge is 2.22. The zero-order valence-corrected chi connectivity index (χ0v) is 18.7. The summed E-state index contributed by atoms with van der Waals surface area (Å²) in [7, 11) is 0. The van der Waals surface area contributed by atoms with Gasteiger partial charge in [0.05, 0.1) is 5.71 Å². The van der Waals surface area contributed by atoms with E-state index >= 15 is 0 Å². The molecule has 168 valence electrons. The topological polar surface area (TPSA) is 88.1 Å². The molecule has 33 heavy (non-hydrogen) atoms. The Morgan fingerprint density at radius 3 is 2.70 bits per heavy atom. The molecule has 7 nitrogen and oxygen atoms in total. The molecular weight excluding hydrogens is 412 g/mol. The molecule has 0 radical (unpaired) electrons. The van der Waals surface area contributed by atoms with E-state index in [-0.39, 0.29) is 12.1 Å². The van der Waals surface area contributed by atoms with Crippen LogP contribution in [0.1, 0.15) is 31.7 Å². The Labute approximate surface area is 194 Å². The minimum Gasteiger partial charge on any atom is -0.457 e. The first kappa shape index (κ1) is 21.0. The first-order chi connectivity index (χ1) is 16.1. The lowest BCUT2D eigenvalue weighted by atomic mass is 10.0. The summed E-state index contributed by atoms with van der Waals surface area (Å²) in [6, 6.07) is 22.3. The van der Waals surface area contributed by atoms with Crippen LogP contribution in [0.25, 0.3) is 0 Å². The third-order valence-electron chi connectivity index (χ3n) is 6.00. The molecule has 1 fully saturated rings. The van der Waals surface area contributed by atoms with Gasteiger partial charge >= 0.3 is 0 Å². The van der Waals surface area contributed by atoms with Gasteiger partial charge in [-0.05, 0) is 43.5 Å². The van der Waals surface area contributed by atoms with Crippen LogP contribution in [0.15, 0.2) is 82.9 Å². The van der Waals surface area contributed by atoms with Gasteiger partial charge in [-0.15, -0.1) is 0 Å². The molecule has 1 aromatic heterocycles. The molecule has 0 amide bonds. The maximum atomic E-state index is 6.16. The van der Waals surface area contributed by atoms with Crippen LogP contribution in [-0.2, 0) is 0 Å². The van der Waals surface area contributed by atoms with E-state index in [1.54, 1.807) is 0 Å². The second-order valence-electron chi connectivity index (χ2n) is 8.44. The van der Waals surface area contributed by atoms with Gasteiger partial charge in [-0.1, -0.05) is 36.4 Å². The van der Waals surface area contributed by atoms with Gasteiger partial charge in [-0.3, -0.25) is 0 Å². The average molecular weight is 441 g/mol. The summed E-state index contributed by atoms with van der Waals surface area (Å²) in [4.78, 5) is 15.8. The van der Waals surface area contributed by atoms with Crippen LogP contribution in [-0.4, -0.2) is 35.4 Å². The third-order valence-corrected chi connectivity index (χ3v) is 6.00. The summed E-state index contributed by atoms with van der Waals surface area (Å²) < 4.78 is 6.16. The molecule has 0 aliphatic carbocycles. The number of ether oxygens (including phenoxy) is 1. The van der Waals surface area contributed by atoms with E-state index in [9.17, 15) is 0 Å². The number of benzene rings is 2. The molecule has 0 bridgehead atoms. The lowest BCUT2D eigenvalue weighted by molar-refractivity contribution is 0.482. The zero-order valence-electron chi connectivity index (χ0n) is 18.7. The Balaban J connectivity index is 1.28. The van der Waals surface area contributed by atoms with E-state index in [2.05, 4.69) is 32.1 Å². The lowest BCUT2D eigenvalue weighted by Crippen LogP contribution is -2.30. The van der Waals surface area contributed by atoms with Crippen molar-refractivity contribution in [1.29, 1.82) is 0 Å². The van der Waals surface area contributed by atoms with Crippen molar-refractivity contribution in [2.75, 3.05) is 16.8 Å². The van der Waals surface area contributed by atoms with Gasteiger partial charge in [0.25, 0.3) is 0 Å². The van der Waals surface area contributed by atoms with E-state index in [1.165, 1.54) is 12.8 Å². The maximum absolute atomic E-state index is 6.16. The smallest absolute Gasteiger partial charge is 0.217 e. The molecule has 5 rings (SSSR count). The SMILES string of the molecule is CC1CCCN1c1cc(Oc2cccc(NC3CC(c4ccccc4)=NC(N)=N3)c2)ccn1. The maximum Gasteiger partial charge on any atom is 0.217 e. The van der Waals surface area contributed by atoms with Crippen molar-refractivity contribution in [2.24, 2.45) is 15.7 Å². The molecule has 2 unspecified atom stereocenters. The van der Waals surface area contributed by atoms with Crippen molar-refractivity contribution in [3.8, 4) is 11.5 Å². The van der Waals surface area contributed by atoms with Gasteiger partial charge < -0.3 is 20.7 Å². The van der Waals surface area contributed by atoms with Crippen LogP contribution >= 0.6 is 0 Å². The van der Waals surface area contributed by atoms with Crippen LogP contribution in [0, 0.1) is 0 Å². The summed E-state index contributed by atoms with van der Waals surface area (Å²) in [6.07, 6.45) is 4.66. The summed E-state index contributed by atoms with van der Waals surface area (Å²) in [5.41, 5.74) is 8.89. The molecular formula is C26H28N6O. The predicted octanol–water partition coefficient (Wildman–Crippen LogP) is 4.81. The van der Waals surface area contributed by atoms with Crippen LogP contribution in [0.5, 0.6) is 11.5 Å². The number of hydrogen-bond donors (Lipinski definition) is 2. The Hall–Kier alpha value is -3.87. The Morgan fingerprint density at radius 2 is 1.88 bits per heavy atom. The number of guanidine groups is 1. The number of pyridine rings is 1. The summed E-state index contributed by atoms with van der Waals surface area (Å²) in [5.74, 6) is 2.77. The fourth-order valence-corrected chi connectivity index (χ4v) is 4.37. The summed E-state index contributed by atoms with van der Waals surface area (Å²) in [5, 5.41) is 3.45. The number of nitrogens with one attached hydrogen (secondary N) is 1. The van der Waals surface area contributed by atoms with E-state index in [1.807, 2.05) is 72.9 Å². The monoisotopic (exact) mass is 440 g/mol. The first-order valence-electron chi connectivity index (χ1n) is 11.4. The standard InChI is InChI=1S/C26H28N6O/c1-18-7-6-14-32(18)25-16-22(12-13-28-25)33-21-11-5-10-20(15-21)29-24-17-23(30-26(27)31-24)19-8-3-2-4-9-19/h2-5,8-13,15-16,18,24,29H,6-7,14,17H2,1H3,(H2,27,31). The van der Waals surface area contributed by atoms with Gasteiger partial charge in [-0.25, -0.2) is 15.0 Å². The predicted molar refractivity (Wildman–Crippen MR) is 133 cm³/mol. The number of hydrogen-bond acceptors (Lipinski definition) is 7. The first-order valence-corrected chi connectivity index (χ1v) is 11.4. The van der Waals surface area contributed by atoms with Crippen molar-refractivity contribution in [2.45, 2.75) is 38.4 Å². The number of aliphatic imine (C=N–C) groups is 2. The van der Waals surface area contributed by atoms with Gasteiger partial charge in [0, 0.05) is 43.0 Å². The van der Waals surface area contributed by atoms with Crippen molar-refractivity contribution < 1.29 is 4.74 Å². The quantitative estimate of drug-likeness (QED) is 0.574. The fourth-order valence-electron chi connectivity index (χ4n) is 4.37. The van der Waals surface area contributed by atoms with Crippen LogP contribution < -0.4 is 20.7 Å². The average Bonchev–Trinajstić information content (AvgIpc) is 3.26. The fraction of sp³-hybridized carbons (Fsp3) is 0.269. The largest absolute Gasteiger partial charge is 0.457 e. The van der Waals surface area contributed by atoms with Crippen molar-refractivity contribution in [3.05, 3.63) is 78.5 Å². The lowest BCUT2D eigenvalue weighted by Gasteiger charge is -2.23. The van der Waals surface area contributed by atoms with Crippen LogP contribution in [0.3, 0.4) is 0 Å². The second kappa shape index (κ2) is 9.32. The zero-order chi connectivity index (χ0) is 22.6. The normalized spacial score (nSPS) is 20.2. The van der Waals surface area contributed by atoms with Crippen molar-refractivity contribution in [1.82, 2.24) is 4.98 Å². The molecule has 2 aliphatic rings. The van der Waals surface area contributed by atoms with E-state index in [0.29, 0.717) is 12.5 Å². The number of anilines is 2. The summed E-state index contributed by atoms with van der Waals surface area (Å²) >= 11 is 0. The van der Waals surface area contributed by atoms with Crippen molar-refractivity contribution >= 4 is 23.2 Å². The Morgan fingerprint density at radius 1 is 1.03 bits per heavy atom.